The Hall–Kier alpha value is -0.820. The lowest BCUT2D eigenvalue weighted by Crippen LogP contribution is -2.31. The zero-order chi connectivity index (χ0) is 14.5. The topological polar surface area (TPSA) is 12.0 Å². The molecule has 1 fully saturated rings. The van der Waals surface area contributed by atoms with Crippen molar-refractivity contribution in [3.63, 3.8) is 0 Å². The Bertz CT molecular complexity index is 404. The molecule has 1 N–H and O–H groups in total. The van der Waals surface area contributed by atoms with Gasteiger partial charge < -0.3 is 5.32 Å². The van der Waals surface area contributed by atoms with Gasteiger partial charge in [0.1, 0.15) is 0 Å². The van der Waals surface area contributed by atoms with Gasteiger partial charge in [0.2, 0.25) is 0 Å². The summed E-state index contributed by atoms with van der Waals surface area (Å²) in [6.07, 6.45) is 7.00. The Labute approximate surface area is 125 Å². The SMILES string of the molecule is CCNC(c1cc(C)cc(C)c1)C1CCCC(CC)C1. The van der Waals surface area contributed by atoms with E-state index in [1.165, 1.54) is 48.8 Å². The van der Waals surface area contributed by atoms with Gasteiger partial charge in [0.05, 0.1) is 0 Å². The highest BCUT2D eigenvalue weighted by Gasteiger charge is 2.28. The summed E-state index contributed by atoms with van der Waals surface area (Å²) >= 11 is 0. The molecule has 1 aliphatic carbocycles. The lowest BCUT2D eigenvalue weighted by Gasteiger charge is -2.35. The second kappa shape index (κ2) is 7.26. The van der Waals surface area contributed by atoms with Crippen LogP contribution in [0.25, 0.3) is 0 Å². The molecular weight excluding hydrogens is 242 g/mol. The maximum absolute atomic E-state index is 3.77. The molecule has 0 amide bonds. The van der Waals surface area contributed by atoms with E-state index in [4.69, 9.17) is 0 Å². The second-order valence-electron chi connectivity index (χ2n) is 6.66. The van der Waals surface area contributed by atoms with Crippen molar-refractivity contribution in [2.75, 3.05) is 6.54 Å². The van der Waals surface area contributed by atoms with Crippen LogP contribution < -0.4 is 5.32 Å². The highest BCUT2D eigenvalue weighted by Crippen LogP contribution is 2.38. The number of hydrogen-bond acceptors (Lipinski definition) is 1. The van der Waals surface area contributed by atoms with E-state index in [1.54, 1.807) is 0 Å². The van der Waals surface area contributed by atoms with E-state index in [9.17, 15) is 0 Å². The average Bonchev–Trinajstić information content (AvgIpc) is 2.43. The summed E-state index contributed by atoms with van der Waals surface area (Å²) in [4.78, 5) is 0. The summed E-state index contributed by atoms with van der Waals surface area (Å²) in [6.45, 7) is 10.1. The van der Waals surface area contributed by atoms with Crippen LogP contribution in [0.5, 0.6) is 0 Å². The van der Waals surface area contributed by atoms with E-state index < -0.39 is 0 Å². The first-order chi connectivity index (χ1) is 9.63. The maximum atomic E-state index is 3.77. The van der Waals surface area contributed by atoms with Crippen molar-refractivity contribution < 1.29 is 0 Å². The van der Waals surface area contributed by atoms with Crippen LogP contribution in [0.2, 0.25) is 0 Å². The fourth-order valence-corrected chi connectivity index (χ4v) is 3.97. The van der Waals surface area contributed by atoms with Gasteiger partial charge in [-0.1, -0.05) is 62.4 Å². The van der Waals surface area contributed by atoms with Crippen molar-refractivity contribution >= 4 is 0 Å². The zero-order valence-corrected chi connectivity index (χ0v) is 13.7. The largest absolute Gasteiger partial charge is 0.310 e. The Morgan fingerprint density at radius 2 is 1.80 bits per heavy atom. The van der Waals surface area contributed by atoms with Crippen LogP contribution in [0, 0.1) is 25.7 Å². The van der Waals surface area contributed by atoms with Gasteiger partial charge in [0.25, 0.3) is 0 Å². The van der Waals surface area contributed by atoms with E-state index >= 15 is 0 Å². The highest BCUT2D eigenvalue weighted by molar-refractivity contribution is 5.31. The second-order valence-corrected chi connectivity index (χ2v) is 6.66. The summed E-state index contributed by atoms with van der Waals surface area (Å²) in [5.41, 5.74) is 4.29. The molecule has 3 unspecified atom stereocenters. The molecule has 112 valence electrons. The van der Waals surface area contributed by atoms with Crippen LogP contribution in [0.15, 0.2) is 18.2 Å². The number of hydrogen-bond donors (Lipinski definition) is 1. The zero-order valence-electron chi connectivity index (χ0n) is 13.7. The molecule has 0 saturated heterocycles. The normalized spacial score (nSPS) is 24.6. The van der Waals surface area contributed by atoms with Crippen LogP contribution in [0.3, 0.4) is 0 Å². The third-order valence-corrected chi connectivity index (χ3v) is 4.90. The highest BCUT2D eigenvalue weighted by atomic mass is 14.9. The molecule has 1 nitrogen and oxygen atoms in total. The van der Waals surface area contributed by atoms with Crippen LogP contribution >= 0.6 is 0 Å². The summed E-state index contributed by atoms with van der Waals surface area (Å²) in [6, 6.07) is 7.60. The number of nitrogens with one attached hydrogen (secondary N) is 1. The summed E-state index contributed by atoms with van der Waals surface area (Å²) in [7, 11) is 0. The lowest BCUT2D eigenvalue weighted by atomic mass is 9.75. The number of benzene rings is 1. The first kappa shape index (κ1) is 15.6. The molecule has 0 heterocycles. The maximum Gasteiger partial charge on any atom is 0.0348 e. The summed E-state index contributed by atoms with van der Waals surface area (Å²) in [5, 5.41) is 3.77. The molecule has 0 bridgehead atoms. The van der Waals surface area contributed by atoms with Crippen LogP contribution in [0.4, 0.5) is 0 Å². The predicted molar refractivity (Wildman–Crippen MR) is 88.1 cm³/mol. The van der Waals surface area contributed by atoms with Crippen molar-refractivity contribution in [1.82, 2.24) is 5.32 Å². The molecule has 1 aromatic rings. The first-order valence-corrected chi connectivity index (χ1v) is 8.45. The fourth-order valence-electron chi connectivity index (χ4n) is 3.97. The Kier molecular flexibility index (Phi) is 5.65. The van der Waals surface area contributed by atoms with Crippen LogP contribution in [-0.2, 0) is 0 Å². The van der Waals surface area contributed by atoms with Gasteiger partial charge in [0, 0.05) is 6.04 Å². The molecule has 2 rings (SSSR count). The van der Waals surface area contributed by atoms with E-state index in [2.05, 4.69) is 51.2 Å². The molecule has 1 saturated carbocycles. The van der Waals surface area contributed by atoms with E-state index in [0.29, 0.717) is 6.04 Å². The van der Waals surface area contributed by atoms with Crippen molar-refractivity contribution in [3.05, 3.63) is 34.9 Å². The molecule has 1 aromatic carbocycles. The third-order valence-electron chi connectivity index (χ3n) is 4.90. The Balaban J connectivity index is 2.21. The van der Waals surface area contributed by atoms with Gasteiger partial charge >= 0.3 is 0 Å². The molecule has 1 heteroatoms. The van der Waals surface area contributed by atoms with Crippen LogP contribution in [0.1, 0.15) is 68.7 Å². The molecule has 3 atom stereocenters. The molecule has 20 heavy (non-hydrogen) atoms. The first-order valence-electron chi connectivity index (χ1n) is 8.45. The van der Waals surface area contributed by atoms with Crippen molar-refractivity contribution in [2.24, 2.45) is 11.8 Å². The smallest absolute Gasteiger partial charge is 0.0348 e. The minimum atomic E-state index is 0.549. The predicted octanol–water partition coefficient (Wildman–Crippen LogP) is 5.17. The molecule has 0 aromatic heterocycles. The van der Waals surface area contributed by atoms with Gasteiger partial charge in [-0.05, 0) is 50.6 Å². The molecular formula is C19H31N. The van der Waals surface area contributed by atoms with Crippen molar-refractivity contribution in [3.8, 4) is 0 Å². The van der Waals surface area contributed by atoms with Gasteiger partial charge in [-0.15, -0.1) is 0 Å². The van der Waals surface area contributed by atoms with Crippen LogP contribution in [-0.4, -0.2) is 6.54 Å². The van der Waals surface area contributed by atoms with E-state index in [1.807, 2.05) is 0 Å². The van der Waals surface area contributed by atoms with E-state index in [0.717, 1.165) is 18.4 Å². The molecule has 1 aliphatic rings. The van der Waals surface area contributed by atoms with Crippen molar-refractivity contribution in [1.29, 1.82) is 0 Å². The van der Waals surface area contributed by atoms with Gasteiger partial charge in [0.15, 0.2) is 0 Å². The number of aryl methyl sites for hydroxylation is 2. The minimum absolute atomic E-state index is 0.549. The summed E-state index contributed by atoms with van der Waals surface area (Å²) in [5.74, 6) is 1.76. The quantitative estimate of drug-likeness (QED) is 0.780. The molecule has 0 aliphatic heterocycles. The van der Waals surface area contributed by atoms with Crippen molar-refractivity contribution in [2.45, 2.75) is 65.8 Å². The number of rotatable bonds is 5. The van der Waals surface area contributed by atoms with Gasteiger partial charge in [-0.25, -0.2) is 0 Å². The fraction of sp³-hybridized carbons (Fsp3) is 0.684. The molecule has 0 radical (unpaired) electrons. The average molecular weight is 273 g/mol. The van der Waals surface area contributed by atoms with Gasteiger partial charge in [-0.2, -0.15) is 0 Å². The third kappa shape index (κ3) is 3.85. The molecule has 0 spiro atoms. The monoisotopic (exact) mass is 273 g/mol. The lowest BCUT2D eigenvalue weighted by molar-refractivity contribution is 0.210. The van der Waals surface area contributed by atoms with Gasteiger partial charge in [-0.3, -0.25) is 0 Å². The Morgan fingerprint density at radius 3 is 2.40 bits per heavy atom. The van der Waals surface area contributed by atoms with E-state index in [-0.39, 0.29) is 0 Å². The summed E-state index contributed by atoms with van der Waals surface area (Å²) < 4.78 is 0. The standard InChI is InChI=1S/C19H31N/c1-5-16-8-7-9-17(13-16)19(20-6-2)18-11-14(3)10-15(4)12-18/h10-12,16-17,19-20H,5-9,13H2,1-4H3. The Morgan fingerprint density at radius 1 is 1.10 bits per heavy atom. The minimum Gasteiger partial charge on any atom is -0.310 e.